The van der Waals surface area contributed by atoms with Crippen molar-refractivity contribution in [3.05, 3.63) is 203 Å². The fourth-order valence-electron chi connectivity index (χ4n) is 7.69. The van der Waals surface area contributed by atoms with E-state index < -0.39 is 75.8 Å². The van der Waals surface area contributed by atoms with Crippen molar-refractivity contribution in [2.45, 2.75) is 123 Å². The highest BCUT2D eigenvalue weighted by Crippen LogP contribution is 2.35. The molecule has 0 aliphatic carbocycles. The van der Waals surface area contributed by atoms with Crippen molar-refractivity contribution in [3.8, 4) is 0 Å². The van der Waals surface area contributed by atoms with Gasteiger partial charge < -0.3 is 25.6 Å². The second-order valence-electron chi connectivity index (χ2n) is 19.4. The van der Waals surface area contributed by atoms with Gasteiger partial charge in [-0.15, -0.1) is 0 Å². The van der Waals surface area contributed by atoms with E-state index in [0.29, 0.717) is 28.7 Å². The average molecular weight is 1110 g/mol. The second kappa shape index (κ2) is 27.4. The highest BCUT2D eigenvalue weighted by molar-refractivity contribution is 6.36. The van der Waals surface area contributed by atoms with Gasteiger partial charge in [0, 0.05) is 41.7 Å². The predicted octanol–water partition coefficient (Wildman–Crippen LogP) is 12.7. The van der Waals surface area contributed by atoms with Crippen LogP contribution in [0.5, 0.6) is 0 Å². The zero-order chi connectivity index (χ0) is 56.8. The molecule has 6 aromatic rings. The van der Waals surface area contributed by atoms with Crippen molar-refractivity contribution < 1.29 is 56.1 Å². The number of rotatable bonds is 16. The number of aromatic nitrogens is 3. The minimum atomic E-state index is -0.783. The van der Waals surface area contributed by atoms with Crippen LogP contribution in [0.2, 0.25) is 15.1 Å². The minimum Gasteiger partial charge on any atom is -0.619 e. The molecule has 0 saturated heterocycles. The summed E-state index contributed by atoms with van der Waals surface area (Å²) in [5, 5.41) is 22.6. The molecule has 0 amide bonds. The summed E-state index contributed by atoms with van der Waals surface area (Å²) < 4.78 is 56.6. The van der Waals surface area contributed by atoms with E-state index in [2.05, 4.69) is 4.98 Å². The van der Waals surface area contributed by atoms with E-state index in [1.165, 1.54) is 85.5 Å². The van der Waals surface area contributed by atoms with Crippen molar-refractivity contribution in [2.75, 3.05) is 0 Å². The fourth-order valence-corrected chi connectivity index (χ4v) is 8.39. The summed E-state index contributed by atoms with van der Waals surface area (Å²) in [4.78, 5) is 66.1. The first-order valence-electron chi connectivity index (χ1n) is 24.2. The topological polar surface area (TPSA) is 197 Å². The van der Waals surface area contributed by atoms with Crippen molar-refractivity contribution in [1.82, 2.24) is 4.98 Å². The molecular formula is C57H60Cl3F3N4O9. The van der Waals surface area contributed by atoms with Crippen molar-refractivity contribution >= 4 is 64.1 Å². The molecule has 3 atom stereocenters. The molecule has 0 aliphatic heterocycles. The van der Waals surface area contributed by atoms with Gasteiger partial charge in [-0.1, -0.05) is 73.8 Å². The molecule has 0 spiro atoms. The molecule has 3 aromatic heterocycles. The molecule has 404 valence electrons. The summed E-state index contributed by atoms with van der Waals surface area (Å²) in [6, 6.07) is 17.1. The lowest BCUT2D eigenvalue weighted by atomic mass is 9.90. The van der Waals surface area contributed by atoms with Gasteiger partial charge in [0.25, 0.3) is 0 Å². The number of hydrogen-bond donors (Lipinski definition) is 1. The third kappa shape index (κ3) is 16.9. The van der Waals surface area contributed by atoms with Gasteiger partial charge in [-0.05, 0) is 126 Å². The van der Waals surface area contributed by atoms with Crippen LogP contribution in [0.15, 0.2) is 110 Å². The van der Waals surface area contributed by atoms with Crippen LogP contribution < -0.4 is 15.2 Å². The van der Waals surface area contributed by atoms with E-state index in [1.54, 1.807) is 53.7 Å². The monoisotopic (exact) mass is 1110 g/mol. The van der Waals surface area contributed by atoms with Crippen LogP contribution in [-0.2, 0) is 19.1 Å². The number of nitrogens with two attached hydrogens (primary N) is 1. The first-order chi connectivity index (χ1) is 35.6. The van der Waals surface area contributed by atoms with Gasteiger partial charge in [-0.2, -0.15) is 9.46 Å². The normalized spacial score (nSPS) is 12.4. The number of ketones is 3. The van der Waals surface area contributed by atoms with E-state index in [9.17, 15) is 38.8 Å². The SMILES string of the molecule is CC[C@@H](CC(=O)OC(C)(C)C)c1ccc(Cl)c(C(=O)c2ccc[n+]([O-])c2)c1F.CC[C@@H](CC(=O)OC(C)(C)C)c1ccc(Cl)c(C(=O)c2cccnc2)c1F.CC[C@@H](N)c1ccc(Cl)c(C(=O)c2ccc[n+]([O-])c2)c1F. The summed E-state index contributed by atoms with van der Waals surface area (Å²) in [6.07, 6.45) is 8.99. The number of esters is 2. The summed E-state index contributed by atoms with van der Waals surface area (Å²) in [6.45, 7) is 16.1. The maximum Gasteiger partial charge on any atom is 0.306 e. The first kappa shape index (κ1) is 61.8. The Morgan fingerprint density at radius 3 is 1.25 bits per heavy atom. The lowest BCUT2D eigenvalue weighted by Gasteiger charge is -2.22. The maximum atomic E-state index is 15.3. The van der Waals surface area contributed by atoms with Crippen LogP contribution in [0.4, 0.5) is 13.2 Å². The van der Waals surface area contributed by atoms with Crippen molar-refractivity contribution in [3.63, 3.8) is 0 Å². The summed E-state index contributed by atoms with van der Waals surface area (Å²) in [5.41, 5.74) is 4.85. The van der Waals surface area contributed by atoms with Crippen LogP contribution >= 0.6 is 34.8 Å². The molecule has 0 aliphatic rings. The molecule has 0 unspecified atom stereocenters. The fraction of sp³-hybridized carbons (Fsp3) is 0.333. The van der Waals surface area contributed by atoms with Crippen LogP contribution in [0.3, 0.4) is 0 Å². The Labute approximate surface area is 455 Å². The van der Waals surface area contributed by atoms with Crippen LogP contribution in [-0.4, -0.2) is 45.5 Å². The Morgan fingerprint density at radius 2 is 0.921 bits per heavy atom. The number of halogens is 6. The average Bonchev–Trinajstić information content (AvgIpc) is 3.34. The minimum absolute atomic E-state index is 0.00847. The second-order valence-corrected chi connectivity index (χ2v) is 20.6. The number of ether oxygens (including phenoxy) is 2. The first-order valence-corrected chi connectivity index (χ1v) is 25.3. The van der Waals surface area contributed by atoms with E-state index >= 15 is 8.78 Å². The van der Waals surface area contributed by atoms with Crippen LogP contribution in [0.25, 0.3) is 0 Å². The third-order valence-corrected chi connectivity index (χ3v) is 12.4. The highest BCUT2D eigenvalue weighted by atomic mass is 35.5. The van der Waals surface area contributed by atoms with E-state index in [1.807, 2.05) is 20.8 Å². The molecule has 2 N–H and O–H groups in total. The van der Waals surface area contributed by atoms with E-state index in [4.69, 9.17) is 50.0 Å². The standard InChI is InChI=1S/C21H23ClFNO4.C21H23ClFNO3.C15H14ClFN2O2/c1-5-13(11-17(25)28-21(2,3)4)15-8-9-16(22)18(19(15)23)20(26)14-7-6-10-24(27)12-14;1-5-13(11-17(25)27-21(2,3)4)15-8-9-16(22)18(19(15)23)20(26)14-7-6-10-24-12-14;1-2-12(18)10-5-6-11(16)13(14(10)17)15(20)9-4-3-7-19(21)8-9/h6-10,12-13H,5,11H2,1-4H3;6-10,12-13H,5,11H2,1-4H3;3-8,12H,2,18H2,1H3/t2*13-;12-/m001/s1. The maximum absolute atomic E-state index is 15.3. The Hall–Kier alpha value is -6.72. The molecule has 76 heavy (non-hydrogen) atoms. The van der Waals surface area contributed by atoms with Gasteiger partial charge in [0.2, 0.25) is 11.6 Å². The van der Waals surface area contributed by atoms with Gasteiger partial charge in [0.15, 0.2) is 30.6 Å². The molecule has 3 heterocycles. The molecule has 0 saturated carbocycles. The quantitative estimate of drug-likeness (QED) is 0.0419. The highest BCUT2D eigenvalue weighted by Gasteiger charge is 2.30. The summed E-state index contributed by atoms with van der Waals surface area (Å²) >= 11 is 18.2. The Balaban J connectivity index is 0.000000249. The summed E-state index contributed by atoms with van der Waals surface area (Å²) in [7, 11) is 0. The number of carbonyl (C=O) groups is 5. The van der Waals surface area contributed by atoms with Gasteiger partial charge in [-0.3, -0.25) is 29.0 Å². The Kier molecular flexibility index (Phi) is 22.3. The van der Waals surface area contributed by atoms with Gasteiger partial charge in [0.1, 0.15) is 28.7 Å². The van der Waals surface area contributed by atoms with Gasteiger partial charge in [0.05, 0.1) is 55.7 Å². The molecule has 0 fully saturated rings. The lowest BCUT2D eigenvalue weighted by Crippen LogP contribution is -2.26. The molecule has 0 bridgehead atoms. The molecule has 13 nitrogen and oxygen atoms in total. The van der Waals surface area contributed by atoms with Crippen molar-refractivity contribution in [1.29, 1.82) is 0 Å². The number of pyridine rings is 3. The largest absolute Gasteiger partial charge is 0.619 e. The van der Waals surface area contributed by atoms with E-state index in [0.717, 1.165) is 12.4 Å². The molecular weight excluding hydrogens is 1050 g/mol. The number of benzene rings is 3. The molecule has 6 rings (SSSR count). The Bertz CT molecular complexity index is 3060. The van der Waals surface area contributed by atoms with Gasteiger partial charge >= 0.3 is 11.9 Å². The number of nitrogens with zero attached hydrogens (tertiary/aromatic N) is 3. The number of carbonyl (C=O) groups excluding carboxylic acids is 5. The zero-order valence-electron chi connectivity index (χ0n) is 43.5. The molecule has 0 radical (unpaired) electrons. The lowest BCUT2D eigenvalue weighted by molar-refractivity contribution is -0.605. The van der Waals surface area contributed by atoms with Gasteiger partial charge in [-0.25, -0.2) is 13.2 Å². The summed E-state index contributed by atoms with van der Waals surface area (Å²) in [5.74, 6) is -5.85. The molecule has 3 aromatic carbocycles. The Morgan fingerprint density at radius 1 is 0.566 bits per heavy atom. The zero-order valence-corrected chi connectivity index (χ0v) is 45.8. The molecule has 19 heteroatoms. The van der Waals surface area contributed by atoms with Crippen LogP contribution in [0, 0.1) is 27.9 Å². The predicted molar refractivity (Wildman–Crippen MR) is 284 cm³/mol. The van der Waals surface area contributed by atoms with Crippen LogP contribution in [0.1, 0.15) is 177 Å². The van der Waals surface area contributed by atoms with E-state index in [-0.39, 0.29) is 78.0 Å². The van der Waals surface area contributed by atoms with Crippen molar-refractivity contribution in [2.24, 2.45) is 5.73 Å². The number of hydrogen-bond acceptors (Lipinski definition) is 11. The smallest absolute Gasteiger partial charge is 0.306 e. The third-order valence-electron chi connectivity index (χ3n) is 11.4.